The fourth-order valence-electron chi connectivity index (χ4n) is 4.02. The van der Waals surface area contributed by atoms with Gasteiger partial charge in [0, 0.05) is 30.6 Å². The number of thiazole rings is 1. The van der Waals surface area contributed by atoms with Crippen molar-refractivity contribution in [2.45, 2.75) is 55.7 Å². The molecule has 1 fully saturated rings. The van der Waals surface area contributed by atoms with Crippen molar-refractivity contribution < 1.29 is 4.79 Å². The highest BCUT2D eigenvalue weighted by Crippen LogP contribution is 2.50. The third-order valence-corrected chi connectivity index (χ3v) is 7.38. The highest BCUT2D eigenvalue weighted by Gasteiger charge is 2.32. The third-order valence-electron chi connectivity index (χ3n) is 5.27. The fraction of sp³-hybridized carbons (Fsp3) is 0.400. The van der Waals surface area contributed by atoms with E-state index in [1.807, 2.05) is 12.3 Å². The number of fused-ring (bicyclic) bond motifs is 3. The maximum absolute atomic E-state index is 11.5. The van der Waals surface area contributed by atoms with Crippen molar-refractivity contribution in [1.29, 1.82) is 0 Å². The fourth-order valence-corrected chi connectivity index (χ4v) is 6.37. The van der Waals surface area contributed by atoms with Gasteiger partial charge in [0.05, 0.1) is 27.2 Å². The molecule has 0 bridgehead atoms. The van der Waals surface area contributed by atoms with Gasteiger partial charge in [-0.1, -0.05) is 30.6 Å². The lowest BCUT2D eigenvalue weighted by atomic mass is 9.95. The molecule has 0 spiro atoms. The number of nitrogens with zero attached hydrogens (tertiary/aromatic N) is 4. The van der Waals surface area contributed by atoms with Gasteiger partial charge in [0.25, 0.3) is 0 Å². The van der Waals surface area contributed by atoms with Gasteiger partial charge in [-0.2, -0.15) is 5.10 Å². The Balaban J connectivity index is 1.67. The number of thioether (sulfide) groups is 1. The molecule has 5 rings (SSSR count). The van der Waals surface area contributed by atoms with Crippen LogP contribution < -0.4 is 5.32 Å². The summed E-state index contributed by atoms with van der Waals surface area (Å²) in [7, 11) is 0. The Labute approximate surface area is 171 Å². The Bertz CT molecular complexity index is 1020. The second-order valence-electron chi connectivity index (χ2n) is 7.27. The van der Waals surface area contributed by atoms with Crippen LogP contribution in [0.15, 0.2) is 29.4 Å². The molecule has 0 aromatic carbocycles. The molecule has 0 atom stereocenters. The van der Waals surface area contributed by atoms with Crippen LogP contribution in [0.4, 0.5) is 5.13 Å². The maximum Gasteiger partial charge on any atom is 0.223 e. The Morgan fingerprint density at radius 3 is 2.89 bits per heavy atom. The number of pyridine rings is 1. The number of rotatable bonds is 3. The highest BCUT2D eigenvalue weighted by molar-refractivity contribution is 7.99. The van der Waals surface area contributed by atoms with Gasteiger partial charge < -0.3 is 5.32 Å². The summed E-state index contributed by atoms with van der Waals surface area (Å²) in [5.74, 6) is 0.706. The number of amides is 1. The van der Waals surface area contributed by atoms with Gasteiger partial charge in [-0.25, -0.2) is 4.98 Å². The first kappa shape index (κ1) is 17.9. The minimum atomic E-state index is -0.0872. The van der Waals surface area contributed by atoms with Crippen molar-refractivity contribution in [2.24, 2.45) is 0 Å². The predicted octanol–water partition coefficient (Wildman–Crippen LogP) is 5.14. The molecule has 144 valence electrons. The van der Waals surface area contributed by atoms with Gasteiger partial charge >= 0.3 is 0 Å². The van der Waals surface area contributed by atoms with Gasteiger partial charge in [-0.3, -0.25) is 14.5 Å². The van der Waals surface area contributed by atoms with E-state index in [1.54, 1.807) is 29.3 Å². The molecule has 28 heavy (non-hydrogen) atoms. The monoisotopic (exact) mass is 411 g/mol. The smallest absolute Gasteiger partial charge is 0.223 e. The minimum Gasteiger partial charge on any atom is -0.302 e. The van der Waals surface area contributed by atoms with Gasteiger partial charge in [-0.05, 0) is 25.0 Å². The second-order valence-corrected chi connectivity index (χ2v) is 9.25. The van der Waals surface area contributed by atoms with Crippen LogP contribution in [0.25, 0.3) is 21.8 Å². The van der Waals surface area contributed by atoms with Gasteiger partial charge in [0.15, 0.2) is 5.13 Å². The van der Waals surface area contributed by atoms with Crippen molar-refractivity contribution in [3.63, 3.8) is 0 Å². The molecule has 8 heteroatoms. The van der Waals surface area contributed by atoms with E-state index in [2.05, 4.69) is 26.0 Å². The van der Waals surface area contributed by atoms with Crippen LogP contribution in [-0.4, -0.2) is 25.7 Å². The van der Waals surface area contributed by atoms with Crippen molar-refractivity contribution >= 4 is 34.1 Å². The number of hydrogen-bond acceptors (Lipinski definition) is 6. The largest absolute Gasteiger partial charge is 0.302 e. The molecular weight excluding hydrogens is 390 g/mol. The Morgan fingerprint density at radius 1 is 1.29 bits per heavy atom. The number of carbonyl (C=O) groups is 1. The van der Waals surface area contributed by atoms with Gasteiger partial charge in [0.2, 0.25) is 5.91 Å². The van der Waals surface area contributed by atoms with Crippen LogP contribution in [-0.2, 0) is 10.5 Å². The van der Waals surface area contributed by atoms with Crippen LogP contribution in [0.3, 0.4) is 0 Å². The Morgan fingerprint density at radius 2 is 2.14 bits per heavy atom. The number of nitrogens with one attached hydrogen (secondary N) is 1. The first-order valence-electron chi connectivity index (χ1n) is 9.64. The van der Waals surface area contributed by atoms with Crippen molar-refractivity contribution in [3.05, 3.63) is 30.2 Å². The first-order valence-corrected chi connectivity index (χ1v) is 11.4. The van der Waals surface area contributed by atoms with E-state index in [0.717, 1.165) is 40.4 Å². The van der Waals surface area contributed by atoms with E-state index >= 15 is 0 Å². The van der Waals surface area contributed by atoms with E-state index in [0.29, 0.717) is 11.2 Å². The summed E-state index contributed by atoms with van der Waals surface area (Å²) < 4.78 is 2.25. The van der Waals surface area contributed by atoms with Crippen LogP contribution in [0.1, 0.15) is 50.8 Å². The number of aromatic nitrogens is 4. The molecule has 1 aliphatic carbocycles. The summed E-state index contributed by atoms with van der Waals surface area (Å²) in [5, 5.41) is 8.62. The third kappa shape index (κ3) is 3.14. The lowest BCUT2D eigenvalue weighted by Crippen LogP contribution is -2.15. The molecule has 3 aromatic heterocycles. The van der Waals surface area contributed by atoms with Crippen molar-refractivity contribution in [2.75, 3.05) is 5.32 Å². The highest BCUT2D eigenvalue weighted by atomic mass is 32.2. The van der Waals surface area contributed by atoms with Crippen LogP contribution in [0.2, 0.25) is 0 Å². The van der Waals surface area contributed by atoms with Crippen molar-refractivity contribution in [1.82, 2.24) is 19.7 Å². The number of carbonyl (C=O) groups excluding carboxylic acids is 1. The quantitative estimate of drug-likeness (QED) is 0.646. The van der Waals surface area contributed by atoms with Crippen molar-refractivity contribution in [3.8, 4) is 21.8 Å². The molecule has 0 radical (unpaired) electrons. The lowest BCUT2D eigenvalue weighted by Gasteiger charge is -2.24. The molecule has 0 unspecified atom stereocenters. The zero-order valence-electron chi connectivity index (χ0n) is 15.6. The van der Waals surface area contributed by atoms with E-state index < -0.39 is 0 Å². The summed E-state index contributed by atoms with van der Waals surface area (Å²) in [6.07, 6.45) is 9.82. The first-order chi connectivity index (χ1) is 13.7. The average Bonchev–Trinajstić information content (AvgIpc) is 3.29. The summed E-state index contributed by atoms with van der Waals surface area (Å²) in [4.78, 5) is 22.8. The molecule has 3 aromatic rings. The molecular formula is C20H21N5OS2. The normalized spacial score (nSPS) is 16.5. The van der Waals surface area contributed by atoms with Crippen LogP contribution in [0.5, 0.6) is 0 Å². The standard InChI is InChI=1S/C20H21N5OS2/c1-12(26)22-20-23-15-11-27-19-16(13-6-5-9-21-10-13)24-25(17(19)18(15)28-20)14-7-3-2-4-8-14/h5-6,9-10,14H,2-4,7-8,11H2,1H3,(H,22,23,26). The van der Waals surface area contributed by atoms with E-state index in [1.165, 1.54) is 36.8 Å². The van der Waals surface area contributed by atoms with E-state index in [-0.39, 0.29) is 5.91 Å². The molecule has 1 aliphatic heterocycles. The molecule has 6 nitrogen and oxygen atoms in total. The maximum atomic E-state index is 11.5. The zero-order chi connectivity index (χ0) is 19.1. The van der Waals surface area contributed by atoms with Crippen LogP contribution >= 0.6 is 23.1 Å². The number of anilines is 1. The molecule has 2 aliphatic rings. The van der Waals surface area contributed by atoms with Gasteiger partial charge in [0.1, 0.15) is 5.69 Å². The molecule has 1 N–H and O–H groups in total. The second kappa shape index (κ2) is 7.33. The van der Waals surface area contributed by atoms with Gasteiger partial charge in [-0.15, -0.1) is 11.8 Å². The number of hydrogen-bond donors (Lipinski definition) is 1. The summed E-state index contributed by atoms with van der Waals surface area (Å²) >= 11 is 3.35. The average molecular weight is 412 g/mol. The summed E-state index contributed by atoms with van der Waals surface area (Å²) in [6, 6.07) is 4.46. The molecule has 1 amide bonds. The SMILES string of the molecule is CC(=O)Nc1nc2c(s1)-c1c(c(-c3cccnc3)nn1C1CCCCC1)SC2. The predicted molar refractivity (Wildman–Crippen MR) is 113 cm³/mol. The topological polar surface area (TPSA) is 72.7 Å². The molecule has 1 saturated carbocycles. The van der Waals surface area contributed by atoms with E-state index in [4.69, 9.17) is 5.10 Å². The Kier molecular flexibility index (Phi) is 4.68. The molecule has 4 heterocycles. The molecule has 0 saturated heterocycles. The summed E-state index contributed by atoms with van der Waals surface area (Å²) in [5.41, 5.74) is 4.28. The lowest BCUT2D eigenvalue weighted by molar-refractivity contribution is -0.114. The van der Waals surface area contributed by atoms with Crippen LogP contribution in [0, 0.1) is 0 Å². The minimum absolute atomic E-state index is 0.0872. The van der Waals surface area contributed by atoms with E-state index in [9.17, 15) is 4.79 Å². The Hall–Kier alpha value is -2.19. The zero-order valence-corrected chi connectivity index (χ0v) is 17.3. The summed E-state index contributed by atoms with van der Waals surface area (Å²) in [6.45, 7) is 1.52.